The van der Waals surface area contributed by atoms with E-state index >= 15 is 0 Å². The maximum absolute atomic E-state index is 4.32. The molecule has 0 radical (unpaired) electrons. The molecule has 0 saturated heterocycles. The van der Waals surface area contributed by atoms with Gasteiger partial charge in [0.15, 0.2) is 0 Å². The van der Waals surface area contributed by atoms with Gasteiger partial charge in [0.25, 0.3) is 0 Å². The van der Waals surface area contributed by atoms with Crippen molar-refractivity contribution in [3.8, 4) is 0 Å². The van der Waals surface area contributed by atoms with Crippen molar-refractivity contribution in [1.29, 1.82) is 0 Å². The van der Waals surface area contributed by atoms with Crippen molar-refractivity contribution in [2.75, 3.05) is 19.1 Å². The lowest BCUT2D eigenvalue weighted by atomic mass is 10.2. The molecule has 0 spiro atoms. The molecule has 0 aliphatic carbocycles. The van der Waals surface area contributed by atoms with Crippen LogP contribution in [0.15, 0.2) is 11.6 Å². The van der Waals surface area contributed by atoms with Crippen molar-refractivity contribution in [3.63, 3.8) is 0 Å². The first-order valence-electron chi connectivity index (χ1n) is 4.44. The predicted molar refractivity (Wildman–Crippen MR) is 61.5 cm³/mol. The van der Waals surface area contributed by atoms with Gasteiger partial charge in [-0.25, -0.2) is 4.98 Å². The molecule has 0 saturated carbocycles. The van der Waals surface area contributed by atoms with E-state index in [2.05, 4.69) is 16.6 Å². The Balaban J connectivity index is 2.35. The zero-order valence-electron chi connectivity index (χ0n) is 8.12. The lowest BCUT2D eigenvalue weighted by molar-refractivity contribution is 0.541. The third kappa shape index (κ3) is 3.67. The Morgan fingerprint density at radius 1 is 1.69 bits per heavy atom. The lowest BCUT2D eigenvalue weighted by Gasteiger charge is -2.12. The van der Waals surface area contributed by atoms with E-state index < -0.39 is 0 Å². The Kier molecular flexibility index (Phi) is 5.43. The Labute approximate surface area is 88.2 Å². The monoisotopic (exact) mass is 216 g/mol. The van der Waals surface area contributed by atoms with Crippen LogP contribution in [0.4, 0.5) is 0 Å². The van der Waals surface area contributed by atoms with Gasteiger partial charge in [-0.15, -0.1) is 11.3 Å². The fourth-order valence-electron chi connectivity index (χ4n) is 1.23. The van der Waals surface area contributed by atoms with E-state index in [0.717, 1.165) is 0 Å². The highest BCUT2D eigenvalue weighted by molar-refractivity contribution is 7.98. The van der Waals surface area contributed by atoms with E-state index in [0.29, 0.717) is 6.04 Å². The summed E-state index contributed by atoms with van der Waals surface area (Å²) in [7, 11) is 2.01. The van der Waals surface area contributed by atoms with Crippen LogP contribution in [0.1, 0.15) is 23.9 Å². The fourth-order valence-corrected chi connectivity index (χ4v) is 2.47. The van der Waals surface area contributed by atoms with Gasteiger partial charge in [-0.2, -0.15) is 11.8 Å². The van der Waals surface area contributed by atoms with Gasteiger partial charge in [-0.1, -0.05) is 0 Å². The van der Waals surface area contributed by atoms with Crippen LogP contribution in [0, 0.1) is 0 Å². The third-order valence-corrected chi connectivity index (χ3v) is 3.53. The van der Waals surface area contributed by atoms with Crippen molar-refractivity contribution in [1.82, 2.24) is 10.3 Å². The average molecular weight is 216 g/mol. The van der Waals surface area contributed by atoms with E-state index in [4.69, 9.17) is 0 Å². The summed E-state index contributed by atoms with van der Waals surface area (Å²) in [4.78, 5) is 4.32. The molecule has 0 aliphatic rings. The maximum Gasteiger partial charge on any atom is 0.109 e. The molecule has 1 aromatic heterocycles. The molecule has 1 unspecified atom stereocenters. The summed E-state index contributed by atoms with van der Waals surface area (Å²) < 4.78 is 0. The molecule has 4 heteroatoms. The SMILES string of the molecule is CNC(CCCSC)c1nccs1. The minimum atomic E-state index is 0.451. The minimum absolute atomic E-state index is 0.451. The Morgan fingerprint density at radius 3 is 3.08 bits per heavy atom. The van der Waals surface area contributed by atoms with Gasteiger partial charge in [0, 0.05) is 11.6 Å². The van der Waals surface area contributed by atoms with E-state index in [-0.39, 0.29) is 0 Å². The second kappa shape index (κ2) is 6.40. The largest absolute Gasteiger partial charge is 0.311 e. The lowest BCUT2D eigenvalue weighted by Crippen LogP contribution is -2.16. The summed E-state index contributed by atoms with van der Waals surface area (Å²) in [6.45, 7) is 0. The van der Waals surface area contributed by atoms with E-state index in [9.17, 15) is 0 Å². The van der Waals surface area contributed by atoms with Crippen molar-refractivity contribution in [2.24, 2.45) is 0 Å². The highest BCUT2D eigenvalue weighted by atomic mass is 32.2. The highest BCUT2D eigenvalue weighted by Crippen LogP contribution is 2.20. The molecule has 0 aliphatic heterocycles. The Hall–Kier alpha value is -0.0600. The molecule has 13 heavy (non-hydrogen) atoms. The zero-order chi connectivity index (χ0) is 9.52. The number of nitrogens with one attached hydrogen (secondary N) is 1. The van der Waals surface area contributed by atoms with Gasteiger partial charge in [0.2, 0.25) is 0 Å². The first-order chi connectivity index (χ1) is 6.38. The second-order valence-corrected chi connectivity index (χ2v) is 4.76. The quantitative estimate of drug-likeness (QED) is 0.740. The predicted octanol–water partition coefficient (Wildman–Crippen LogP) is 2.55. The van der Waals surface area contributed by atoms with Gasteiger partial charge in [0.1, 0.15) is 5.01 Å². The van der Waals surface area contributed by atoms with Crippen LogP contribution >= 0.6 is 23.1 Å². The van der Waals surface area contributed by atoms with E-state index in [1.165, 1.54) is 23.6 Å². The normalized spacial score (nSPS) is 13.1. The topological polar surface area (TPSA) is 24.9 Å². The van der Waals surface area contributed by atoms with Crippen molar-refractivity contribution in [2.45, 2.75) is 18.9 Å². The molecule has 0 fully saturated rings. The standard InChI is InChI=1S/C9H16N2S2/c1-10-8(4-3-6-12-2)9-11-5-7-13-9/h5,7-8,10H,3-4,6H2,1-2H3. The summed E-state index contributed by atoms with van der Waals surface area (Å²) in [5, 5.41) is 6.55. The van der Waals surface area contributed by atoms with Crippen molar-refractivity contribution in [3.05, 3.63) is 16.6 Å². The van der Waals surface area contributed by atoms with Crippen molar-refractivity contribution >= 4 is 23.1 Å². The highest BCUT2D eigenvalue weighted by Gasteiger charge is 2.10. The molecule has 0 aromatic carbocycles. The number of aromatic nitrogens is 1. The molecule has 2 nitrogen and oxygen atoms in total. The van der Waals surface area contributed by atoms with Gasteiger partial charge >= 0.3 is 0 Å². The number of nitrogens with zero attached hydrogens (tertiary/aromatic N) is 1. The molecule has 1 atom stereocenters. The van der Waals surface area contributed by atoms with Crippen LogP contribution < -0.4 is 5.32 Å². The van der Waals surface area contributed by atoms with E-state index in [1.54, 1.807) is 11.3 Å². The summed E-state index contributed by atoms with van der Waals surface area (Å²) in [5.74, 6) is 1.24. The molecule has 74 valence electrons. The summed E-state index contributed by atoms with van der Waals surface area (Å²) >= 11 is 3.64. The Morgan fingerprint density at radius 2 is 2.54 bits per heavy atom. The molecule has 1 aromatic rings. The smallest absolute Gasteiger partial charge is 0.109 e. The molecular formula is C9H16N2S2. The fraction of sp³-hybridized carbons (Fsp3) is 0.667. The van der Waals surface area contributed by atoms with Crippen LogP contribution in [0.25, 0.3) is 0 Å². The number of hydrogen-bond acceptors (Lipinski definition) is 4. The van der Waals surface area contributed by atoms with Crippen LogP contribution in [0.2, 0.25) is 0 Å². The van der Waals surface area contributed by atoms with Crippen molar-refractivity contribution < 1.29 is 0 Å². The molecule has 0 bridgehead atoms. The first-order valence-corrected chi connectivity index (χ1v) is 6.71. The molecular weight excluding hydrogens is 200 g/mol. The maximum atomic E-state index is 4.32. The number of hydrogen-bond donors (Lipinski definition) is 1. The number of rotatable bonds is 6. The summed E-state index contributed by atoms with van der Waals surface area (Å²) in [6, 6.07) is 0.451. The summed E-state index contributed by atoms with van der Waals surface area (Å²) in [5.41, 5.74) is 0. The van der Waals surface area contributed by atoms with Crippen LogP contribution in [0.5, 0.6) is 0 Å². The average Bonchev–Trinajstić information content (AvgIpc) is 2.65. The number of thioether (sulfide) groups is 1. The third-order valence-electron chi connectivity index (χ3n) is 1.94. The van der Waals surface area contributed by atoms with Gasteiger partial charge in [-0.3, -0.25) is 0 Å². The minimum Gasteiger partial charge on any atom is -0.311 e. The molecule has 1 heterocycles. The summed E-state index contributed by atoms with van der Waals surface area (Å²) in [6.07, 6.45) is 6.47. The molecule has 0 amide bonds. The van der Waals surface area contributed by atoms with Gasteiger partial charge < -0.3 is 5.32 Å². The second-order valence-electron chi connectivity index (χ2n) is 2.85. The number of thiazole rings is 1. The van der Waals surface area contributed by atoms with E-state index in [1.807, 2.05) is 30.4 Å². The van der Waals surface area contributed by atoms with Crippen LogP contribution in [-0.4, -0.2) is 24.0 Å². The molecule has 1 N–H and O–H groups in total. The first kappa shape index (κ1) is 11.0. The van der Waals surface area contributed by atoms with Crippen LogP contribution in [-0.2, 0) is 0 Å². The van der Waals surface area contributed by atoms with Gasteiger partial charge in [0.05, 0.1) is 6.04 Å². The van der Waals surface area contributed by atoms with Crippen LogP contribution in [0.3, 0.4) is 0 Å². The van der Waals surface area contributed by atoms with Gasteiger partial charge in [-0.05, 0) is 31.9 Å². The molecule has 1 rings (SSSR count). The zero-order valence-corrected chi connectivity index (χ0v) is 9.75. The Bertz CT molecular complexity index is 211.